The maximum absolute atomic E-state index is 12.7. The number of methoxy groups -OCH3 is 1. The van der Waals surface area contributed by atoms with E-state index in [0.717, 1.165) is 19.3 Å². The van der Waals surface area contributed by atoms with Gasteiger partial charge in [-0.1, -0.05) is 19.3 Å². The summed E-state index contributed by atoms with van der Waals surface area (Å²) >= 11 is 0. The summed E-state index contributed by atoms with van der Waals surface area (Å²) in [5, 5.41) is 9.49. The van der Waals surface area contributed by atoms with Crippen LogP contribution in [0.3, 0.4) is 0 Å². The summed E-state index contributed by atoms with van der Waals surface area (Å²) in [6, 6.07) is 5.75. The zero-order valence-electron chi connectivity index (χ0n) is 11.9. The minimum Gasteiger partial charge on any atom is -0.493 e. The van der Waals surface area contributed by atoms with Crippen molar-refractivity contribution in [2.24, 2.45) is 5.41 Å². The molecular weight excluding hydrogens is 254 g/mol. The quantitative estimate of drug-likeness (QED) is 0.848. The molecule has 0 spiro atoms. The summed E-state index contributed by atoms with van der Waals surface area (Å²) in [7, 11) is 3.19. The molecule has 0 bridgehead atoms. The second kappa shape index (κ2) is 5.91. The van der Waals surface area contributed by atoms with Crippen molar-refractivity contribution in [1.82, 2.24) is 4.98 Å². The van der Waals surface area contributed by atoms with E-state index in [1.165, 1.54) is 4.90 Å². The Kier molecular flexibility index (Phi) is 4.23. The number of anilines is 1. The Morgan fingerprint density at radius 2 is 2.15 bits per heavy atom. The fraction of sp³-hybridized carbons (Fsp3) is 0.533. The molecule has 0 aromatic carbocycles. The van der Waals surface area contributed by atoms with Crippen molar-refractivity contribution in [3.8, 4) is 11.8 Å². The van der Waals surface area contributed by atoms with E-state index in [4.69, 9.17) is 4.74 Å². The molecule has 1 heterocycles. The number of aromatic nitrogens is 1. The zero-order chi connectivity index (χ0) is 14.6. The first-order chi connectivity index (χ1) is 9.64. The highest BCUT2D eigenvalue weighted by molar-refractivity contribution is 5.99. The highest BCUT2D eigenvalue weighted by Crippen LogP contribution is 2.38. The largest absolute Gasteiger partial charge is 0.493 e. The van der Waals surface area contributed by atoms with Crippen LogP contribution in [0.4, 0.5) is 5.82 Å². The van der Waals surface area contributed by atoms with Gasteiger partial charge in [0.25, 0.3) is 0 Å². The number of carbonyl (C=O) groups excluding carboxylic acids is 1. The lowest BCUT2D eigenvalue weighted by molar-refractivity contribution is -0.126. The minimum atomic E-state index is -0.907. The molecule has 1 aliphatic carbocycles. The maximum Gasteiger partial charge on any atom is 0.248 e. The first kappa shape index (κ1) is 14.3. The average Bonchev–Trinajstić information content (AvgIpc) is 2.54. The molecule has 1 fully saturated rings. The van der Waals surface area contributed by atoms with E-state index in [1.807, 2.05) is 0 Å². The van der Waals surface area contributed by atoms with E-state index in [2.05, 4.69) is 11.1 Å². The highest BCUT2D eigenvalue weighted by Gasteiger charge is 2.42. The normalized spacial score (nSPS) is 17.1. The third-order valence-electron chi connectivity index (χ3n) is 3.92. The van der Waals surface area contributed by atoms with Crippen LogP contribution in [0.2, 0.25) is 0 Å². The van der Waals surface area contributed by atoms with Crippen LogP contribution >= 0.6 is 0 Å². The van der Waals surface area contributed by atoms with Crippen molar-refractivity contribution in [3.05, 3.63) is 18.3 Å². The number of nitriles is 1. The van der Waals surface area contributed by atoms with Crippen LogP contribution in [0.15, 0.2) is 18.3 Å². The van der Waals surface area contributed by atoms with E-state index in [0.29, 0.717) is 24.4 Å². The molecule has 0 aliphatic heterocycles. The van der Waals surface area contributed by atoms with Crippen LogP contribution in [-0.4, -0.2) is 25.0 Å². The summed E-state index contributed by atoms with van der Waals surface area (Å²) in [5.74, 6) is 0.809. The lowest BCUT2D eigenvalue weighted by Crippen LogP contribution is -2.43. The Morgan fingerprint density at radius 1 is 1.45 bits per heavy atom. The fourth-order valence-corrected chi connectivity index (χ4v) is 2.74. The van der Waals surface area contributed by atoms with Crippen molar-refractivity contribution >= 4 is 11.7 Å². The van der Waals surface area contributed by atoms with Crippen LogP contribution in [0.1, 0.15) is 32.1 Å². The number of carbonyl (C=O) groups is 1. The van der Waals surface area contributed by atoms with Gasteiger partial charge in [0.2, 0.25) is 5.91 Å². The molecule has 1 saturated carbocycles. The smallest absolute Gasteiger partial charge is 0.248 e. The predicted octanol–water partition coefficient (Wildman–Crippen LogP) is 2.53. The topological polar surface area (TPSA) is 66.2 Å². The van der Waals surface area contributed by atoms with Crippen LogP contribution in [0.25, 0.3) is 0 Å². The Balaban J connectivity index is 2.30. The summed E-state index contributed by atoms with van der Waals surface area (Å²) in [6.07, 6.45) is 5.80. The van der Waals surface area contributed by atoms with Crippen molar-refractivity contribution in [2.45, 2.75) is 32.1 Å². The number of nitrogens with zero attached hydrogens (tertiary/aromatic N) is 3. The SMILES string of the molecule is COc1cccnc1N(C)C(=O)C1(C#N)CCCCC1. The van der Waals surface area contributed by atoms with E-state index in [1.54, 1.807) is 32.5 Å². The van der Waals surface area contributed by atoms with Gasteiger partial charge in [-0.25, -0.2) is 4.98 Å². The lowest BCUT2D eigenvalue weighted by atomic mass is 9.74. The molecule has 1 amide bonds. The van der Waals surface area contributed by atoms with E-state index in [-0.39, 0.29) is 5.91 Å². The third kappa shape index (κ3) is 2.46. The Hall–Kier alpha value is -2.09. The van der Waals surface area contributed by atoms with Gasteiger partial charge in [0.1, 0.15) is 5.41 Å². The summed E-state index contributed by atoms with van der Waals surface area (Å²) < 4.78 is 5.23. The molecule has 1 aromatic rings. The van der Waals surface area contributed by atoms with Crippen LogP contribution < -0.4 is 9.64 Å². The Labute approximate surface area is 119 Å². The Bertz CT molecular complexity index is 530. The monoisotopic (exact) mass is 273 g/mol. The van der Waals surface area contributed by atoms with Crippen molar-refractivity contribution in [2.75, 3.05) is 19.1 Å². The second-order valence-corrected chi connectivity index (χ2v) is 5.15. The molecule has 0 unspecified atom stereocenters. The van der Waals surface area contributed by atoms with Gasteiger partial charge in [0, 0.05) is 13.2 Å². The van der Waals surface area contributed by atoms with Gasteiger partial charge in [-0.15, -0.1) is 0 Å². The fourth-order valence-electron chi connectivity index (χ4n) is 2.74. The van der Waals surface area contributed by atoms with Crippen molar-refractivity contribution < 1.29 is 9.53 Å². The molecule has 0 atom stereocenters. The molecule has 106 valence electrons. The van der Waals surface area contributed by atoms with Crippen LogP contribution in [-0.2, 0) is 4.79 Å². The second-order valence-electron chi connectivity index (χ2n) is 5.15. The van der Waals surface area contributed by atoms with Crippen LogP contribution in [0, 0.1) is 16.7 Å². The molecule has 0 N–H and O–H groups in total. The van der Waals surface area contributed by atoms with E-state index < -0.39 is 5.41 Å². The molecule has 5 heteroatoms. The van der Waals surface area contributed by atoms with Gasteiger partial charge in [0.05, 0.1) is 13.2 Å². The van der Waals surface area contributed by atoms with Gasteiger partial charge in [0.15, 0.2) is 11.6 Å². The molecule has 0 radical (unpaired) electrons. The molecular formula is C15H19N3O2. The molecule has 1 aromatic heterocycles. The summed E-state index contributed by atoms with van der Waals surface area (Å²) in [5.41, 5.74) is -0.907. The number of amides is 1. The standard InChI is InChI=1S/C15H19N3O2/c1-18(13-12(20-2)7-6-10-17-13)14(19)15(11-16)8-4-3-5-9-15/h6-7,10H,3-5,8-9H2,1-2H3. The molecule has 1 aliphatic rings. The summed E-state index contributed by atoms with van der Waals surface area (Å²) in [4.78, 5) is 18.4. The van der Waals surface area contributed by atoms with Gasteiger partial charge >= 0.3 is 0 Å². The van der Waals surface area contributed by atoms with E-state index in [9.17, 15) is 10.1 Å². The van der Waals surface area contributed by atoms with Gasteiger partial charge < -0.3 is 4.74 Å². The van der Waals surface area contributed by atoms with Crippen molar-refractivity contribution in [3.63, 3.8) is 0 Å². The number of rotatable bonds is 3. The molecule has 5 nitrogen and oxygen atoms in total. The predicted molar refractivity (Wildman–Crippen MR) is 75.3 cm³/mol. The first-order valence-corrected chi connectivity index (χ1v) is 6.83. The molecule has 20 heavy (non-hydrogen) atoms. The third-order valence-corrected chi connectivity index (χ3v) is 3.92. The van der Waals surface area contributed by atoms with Crippen LogP contribution in [0.5, 0.6) is 5.75 Å². The zero-order valence-corrected chi connectivity index (χ0v) is 11.9. The van der Waals surface area contributed by atoms with Crippen molar-refractivity contribution in [1.29, 1.82) is 5.26 Å². The van der Waals surface area contributed by atoms with Gasteiger partial charge in [-0.2, -0.15) is 5.26 Å². The number of hydrogen-bond acceptors (Lipinski definition) is 4. The van der Waals surface area contributed by atoms with Gasteiger partial charge in [-0.3, -0.25) is 9.69 Å². The van der Waals surface area contributed by atoms with E-state index >= 15 is 0 Å². The first-order valence-electron chi connectivity index (χ1n) is 6.83. The summed E-state index contributed by atoms with van der Waals surface area (Å²) in [6.45, 7) is 0. The maximum atomic E-state index is 12.7. The molecule has 0 saturated heterocycles. The highest BCUT2D eigenvalue weighted by atomic mass is 16.5. The van der Waals surface area contributed by atoms with Gasteiger partial charge in [-0.05, 0) is 25.0 Å². The number of ether oxygens (including phenoxy) is 1. The minimum absolute atomic E-state index is 0.184. The average molecular weight is 273 g/mol. The molecule has 2 rings (SSSR count). The number of pyridine rings is 1. The Morgan fingerprint density at radius 3 is 2.75 bits per heavy atom. The number of hydrogen-bond donors (Lipinski definition) is 0. The lowest BCUT2D eigenvalue weighted by Gasteiger charge is -2.32.